The number of methoxy groups -OCH3 is 1. The third-order valence-electron chi connectivity index (χ3n) is 1.31. The number of aliphatic hydroxyl groups is 1. The molecule has 1 rings (SSSR count). The van der Waals surface area contributed by atoms with Crippen LogP contribution in [-0.2, 0) is 9.53 Å². The summed E-state index contributed by atoms with van der Waals surface area (Å²) >= 11 is 0. The molecule has 1 atom stereocenters. The van der Waals surface area contributed by atoms with Gasteiger partial charge in [-0.3, -0.25) is 0 Å². The third-order valence-corrected chi connectivity index (χ3v) is 1.31. The van der Waals surface area contributed by atoms with Crippen molar-refractivity contribution in [1.29, 1.82) is 0 Å². The predicted molar refractivity (Wildman–Crippen MR) is 39.0 cm³/mol. The second-order valence-electron chi connectivity index (χ2n) is 2.06. The normalized spacial score (nSPS) is 12.2. The lowest BCUT2D eigenvalue weighted by Gasteiger charge is -2.05. The van der Waals surface area contributed by atoms with Gasteiger partial charge in [0.1, 0.15) is 6.33 Å². The van der Waals surface area contributed by atoms with Crippen LogP contribution in [0.1, 0.15) is 11.8 Å². The quantitative estimate of drug-likeness (QED) is 0.613. The average molecular weight is 168 g/mol. The van der Waals surface area contributed by atoms with Crippen LogP contribution in [0.2, 0.25) is 0 Å². The van der Waals surface area contributed by atoms with E-state index in [1.165, 1.54) is 25.7 Å². The highest BCUT2D eigenvalue weighted by atomic mass is 16.5. The fraction of sp³-hybridized carbons (Fsp3) is 0.286. The standard InChI is InChI=1S/C7H8N2O3/c1-12-7(11)6(10)5-2-3-8-4-9-5/h2-4,6,10H,1H3. The number of carbonyl (C=O) groups excluding carboxylic acids is 1. The Morgan fingerprint density at radius 2 is 2.50 bits per heavy atom. The maximum Gasteiger partial charge on any atom is 0.341 e. The van der Waals surface area contributed by atoms with Gasteiger partial charge in [0, 0.05) is 6.20 Å². The van der Waals surface area contributed by atoms with E-state index in [0.717, 1.165) is 0 Å². The Morgan fingerprint density at radius 1 is 1.75 bits per heavy atom. The molecule has 0 aliphatic heterocycles. The molecule has 0 aliphatic carbocycles. The minimum absolute atomic E-state index is 0.233. The Morgan fingerprint density at radius 3 is 3.00 bits per heavy atom. The van der Waals surface area contributed by atoms with Crippen molar-refractivity contribution in [2.45, 2.75) is 6.10 Å². The zero-order valence-electron chi connectivity index (χ0n) is 6.47. The molecule has 64 valence electrons. The predicted octanol–water partition coefficient (Wildman–Crippen LogP) is -0.317. The van der Waals surface area contributed by atoms with E-state index in [0.29, 0.717) is 0 Å². The van der Waals surface area contributed by atoms with Gasteiger partial charge in [0.2, 0.25) is 0 Å². The molecule has 5 nitrogen and oxygen atoms in total. The number of aliphatic hydroxyl groups excluding tert-OH is 1. The van der Waals surface area contributed by atoms with Crippen LogP contribution in [-0.4, -0.2) is 28.2 Å². The summed E-state index contributed by atoms with van der Waals surface area (Å²) in [6.45, 7) is 0. The number of rotatable bonds is 2. The smallest absolute Gasteiger partial charge is 0.341 e. The summed E-state index contributed by atoms with van der Waals surface area (Å²) in [4.78, 5) is 18.1. The van der Waals surface area contributed by atoms with E-state index >= 15 is 0 Å². The highest BCUT2D eigenvalue weighted by molar-refractivity contribution is 5.75. The molecule has 0 bridgehead atoms. The molecule has 5 heteroatoms. The summed E-state index contributed by atoms with van der Waals surface area (Å²) in [6, 6.07) is 1.45. The van der Waals surface area contributed by atoms with Gasteiger partial charge in [-0.15, -0.1) is 0 Å². The van der Waals surface area contributed by atoms with E-state index in [1.54, 1.807) is 0 Å². The van der Waals surface area contributed by atoms with Crippen LogP contribution < -0.4 is 0 Å². The summed E-state index contributed by atoms with van der Waals surface area (Å²) in [6.07, 6.45) is 1.37. The van der Waals surface area contributed by atoms with Crippen molar-refractivity contribution in [2.24, 2.45) is 0 Å². The van der Waals surface area contributed by atoms with E-state index in [4.69, 9.17) is 0 Å². The monoisotopic (exact) mass is 168 g/mol. The molecule has 1 heterocycles. The van der Waals surface area contributed by atoms with Gasteiger partial charge in [0.25, 0.3) is 0 Å². The Labute approximate surface area is 69.0 Å². The van der Waals surface area contributed by atoms with Crippen LogP contribution in [0.25, 0.3) is 0 Å². The number of hydrogen-bond donors (Lipinski definition) is 1. The lowest BCUT2D eigenvalue weighted by molar-refractivity contribution is -0.150. The summed E-state index contributed by atoms with van der Waals surface area (Å²) in [7, 11) is 1.20. The first kappa shape index (κ1) is 8.61. The first-order valence-corrected chi connectivity index (χ1v) is 3.27. The van der Waals surface area contributed by atoms with Crippen molar-refractivity contribution >= 4 is 5.97 Å². The number of esters is 1. The number of aromatic nitrogens is 2. The molecule has 0 aliphatic rings. The highest BCUT2D eigenvalue weighted by Gasteiger charge is 2.18. The van der Waals surface area contributed by atoms with E-state index < -0.39 is 12.1 Å². The number of nitrogens with zero attached hydrogens (tertiary/aromatic N) is 2. The fourth-order valence-corrected chi connectivity index (χ4v) is 0.695. The van der Waals surface area contributed by atoms with Crippen molar-refractivity contribution in [3.8, 4) is 0 Å². The summed E-state index contributed by atoms with van der Waals surface area (Å²) in [5.74, 6) is -0.728. The molecule has 12 heavy (non-hydrogen) atoms. The molecule has 0 amide bonds. The molecule has 0 aromatic carbocycles. The van der Waals surface area contributed by atoms with Crippen LogP contribution in [0, 0.1) is 0 Å². The molecule has 0 saturated heterocycles. The first-order chi connectivity index (χ1) is 5.75. The molecular weight excluding hydrogens is 160 g/mol. The highest BCUT2D eigenvalue weighted by Crippen LogP contribution is 2.08. The molecule has 0 spiro atoms. The Balaban J connectivity index is 2.78. The van der Waals surface area contributed by atoms with Gasteiger partial charge in [-0.05, 0) is 6.07 Å². The number of ether oxygens (including phenoxy) is 1. The van der Waals surface area contributed by atoms with Crippen molar-refractivity contribution in [1.82, 2.24) is 9.97 Å². The van der Waals surface area contributed by atoms with Crippen LogP contribution in [0.3, 0.4) is 0 Å². The SMILES string of the molecule is COC(=O)C(O)c1ccncn1. The molecule has 1 unspecified atom stereocenters. The minimum Gasteiger partial charge on any atom is -0.467 e. The van der Waals surface area contributed by atoms with Crippen molar-refractivity contribution in [3.63, 3.8) is 0 Å². The summed E-state index contributed by atoms with van der Waals surface area (Å²) in [5, 5.41) is 9.22. The van der Waals surface area contributed by atoms with Gasteiger partial charge >= 0.3 is 5.97 Å². The average Bonchev–Trinajstić information content (AvgIpc) is 2.17. The van der Waals surface area contributed by atoms with Crippen molar-refractivity contribution in [2.75, 3.05) is 7.11 Å². The molecular formula is C7H8N2O3. The van der Waals surface area contributed by atoms with Crippen LogP contribution in [0.15, 0.2) is 18.6 Å². The molecule has 1 N–H and O–H groups in total. The van der Waals surface area contributed by atoms with Gasteiger partial charge in [-0.2, -0.15) is 0 Å². The maximum absolute atomic E-state index is 10.8. The zero-order chi connectivity index (χ0) is 8.97. The van der Waals surface area contributed by atoms with Gasteiger partial charge in [-0.1, -0.05) is 0 Å². The second kappa shape index (κ2) is 3.77. The zero-order valence-corrected chi connectivity index (χ0v) is 6.47. The Bertz CT molecular complexity index is 263. The number of hydrogen-bond acceptors (Lipinski definition) is 5. The topological polar surface area (TPSA) is 72.3 Å². The van der Waals surface area contributed by atoms with Gasteiger partial charge in [0.05, 0.1) is 12.8 Å². The fourth-order valence-electron chi connectivity index (χ4n) is 0.695. The maximum atomic E-state index is 10.8. The minimum atomic E-state index is -1.32. The number of carbonyl (C=O) groups is 1. The van der Waals surface area contributed by atoms with E-state index in [1.807, 2.05) is 0 Å². The summed E-state index contributed by atoms with van der Waals surface area (Å²) in [5.41, 5.74) is 0.233. The van der Waals surface area contributed by atoms with E-state index in [2.05, 4.69) is 14.7 Å². The van der Waals surface area contributed by atoms with Gasteiger partial charge < -0.3 is 9.84 Å². The largest absolute Gasteiger partial charge is 0.467 e. The first-order valence-electron chi connectivity index (χ1n) is 3.27. The lowest BCUT2D eigenvalue weighted by Crippen LogP contribution is -2.14. The van der Waals surface area contributed by atoms with Crippen molar-refractivity contribution < 1.29 is 14.6 Å². The third kappa shape index (κ3) is 1.76. The van der Waals surface area contributed by atoms with Crippen LogP contribution in [0.4, 0.5) is 0 Å². The van der Waals surface area contributed by atoms with Crippen LogP contribution in [0.5, 0.6) is 0 Å². The van der Waals surface area contributed by atoms with Crippen LogP contribution >= 0.6 is 0 Å². The van der Waals surface area contributed by atoms with E-state index in [-0.39, 0.29) is 5.69 Å². The van der Waals surface area contributed by atoms with Gasteiger partial charge in [-0.25, -0.2) is 14.8 Å². The molecule has 0 fully saturated rings. The van der Waals surface area contributed by atoms with Gasteiger partial charge in [0.15, 0.2) is 6.10 Å². The second-order valence-corrected chi connectivity index (χ2v) is 2.06. The molecule has 1 aromatic heterocycles. The molecule has 1 aromatic rings. The van der Waals surface area contributed by atoms with E-state index in [9.17, 15) is 9.90 Å². The lowest BCUT2D eigenvalue weighted by atomic mass is 10.2. The Kier molecular flexibility index (Phi) is 2.71. The van der Waals surface area contributed by atoms with Crippen molar-refractivity contribution in [3.05, 3.63) is 24.3 Å². The summed E-state index contributed by atoms with van der Waals surface area (Å²) < 4.78 is 4.32. The Hall–Kier alpha value is -1.49. The molecule has 0 radical (unpaired) electrons. The molecule has 0 saturated carbocycles.